The quantitative estimate of drug-likeness (QED) is 0.839. The molecule has 1 unspecified atom stereocenters. The molecule has 90 valence electrons. The van der Waals surface area contributed by atoms with Crippen molar-refractivity contribution >= 4 is 22.6 Å². The van der Waals surface area contributed by atoms with Crippen molar-refractivity contribution in [2.45, 2.75) is 25.9 Å². The van der Waals surface area contributed by atoms with Crippen molar-refractivity contribution in [3.05, 3.63) is 57.6 Å². The lowest BCUT2D eigenvalue weighted by atomic mass is 10.1. The monoisotopic (exact) mass is 341 g/mol. The number of rotatable bonds is 4. The summed E-state index contributed by atoms with van der Waals surface area (Å²) in [4.78, 5) is 0. The number of hydrogen-bond donors (Lipinski definition) is 1. The number of furan rings is 1. The molecule has 1 aromatic heterocycles. The van der Waals surface area contributed by atoms with Gasteiger partial charge in [-0.15, -0.1) is 0 Å². The van der Waals surface area contributed by atoms with Gasteiger partial charge in [0.1, 0.15) is 5.76 Å². The van der Waals surface area contributed by atoms with E-state index < -0.39 is 0 Å². The molecule has 0 aliphatic heterocycles. The zero-order valence-electron chi connectivity index (χ0n) is 9.98. The van der Waals surface area contributed by atoms with Gasteiger partial charge in [-0.1, -0.05) is 12.1 Å². The van der Waals surface area contributed by atoms with Gasteiger partial charge in [-0.05, 0) is 66.3 Å². The summed E-state index contributed by atoms with van der Waals surface area (Å²) in [6, 6.07) is 13.0. The molecule has 0 amide bonds. The lowest BCUT2D eigenvalue weighted by molar-refractivity contribution is 0.403. The number of halogens is 1. The van der Waals surface area contributed by atoms with Crippen LogP contribution in [0.3, 0.4) is 0 Å². The summed E-state index contributed by atoms with van der Waals surface area (Å²) in [5, 5.41) is 3.52. The third-order valence-electron chi connectivity index (χ3n) is 2.84. The molecule has 17 heavy (non-hydrogen) atoms. The highest BCUT2D eigenvalue weighted by Crippen LogP contribution is 2.20. The molecule has 2 nitrogen and oxygen atoms in total. The number of nitrogens with one attached hydrogen (secondary N) is 1. The van der Waals surface area contributed by atoms with E-state index in [-0.39, 0.29) is 6.04 Å². The summed E-state index contributed by atoms with van der Waals surface area (Å²) in [5.74, 6) is 0.974. The summed E-state index contributed by atoms with van der Waals surface area (Å²) >= 11 is 2.32. The molecule has 0 spiro atoms. The van der Waals surface area contributed by atoms with Crippen molar-refractivity contribution in [3.8, 4) is 0 Å². The zero-order chi connectivity index (χ0) is 12.3. The van der Waals surface area contributed by atoms with Gasteiger partial charge >= 0.3 is 0 Å². The Morgan fingerprint density at radius 1 is 1.06 bits per heavy atom. The zero-order valence-corrected chi connectivity index (χ0v) is 12.1. The lowest BCUT2D eigenvalue weighted by Crippen LogP contribution is -2.22. The smallest absolute Gasteiger partial charge is 0.120 e. The minimum absolute atomic E-state index is 0.222. The third-order valence-corrected chi connectivity index (χ3v) is 3.56. The first-order chi connectivity index (χ1) is 8.16. The van der Waals surface area contributed by atoms with Crippen LogP contribution in [0.4, 0.5) is 0 Å². The standard InChI is InChI=1S/C14H16INO/c1-10(12-5-7-13(15)8-6-12)16-11(2)14-4-3-9-17-14/h3-11,16H,1-2H3/t10?,11-/m1/s1. The van der Waals surface area contributed by atoms with Gasteiger partial charge in [0, 0.05) is 9.61 Å². The highest BCUT2D eigenvalue weighted by Gasteiger charge is 2.12. The minimum Gasteiger partial charge on any atom is -0.468 e. The molecule has 3 heteroatoms. The van der Waals surface area contributed by atoms with E-state index in [1.807, 2.05) is 12.1 Å². The van der Waals surface area contributed by atoms with E-state index in [2.05, 4.69) is 66.0 Å². The fraction of sp³-hybridized carbons (Fsp3) is 0.286. The van der Waals surface area contributed by atoms with Crippen LogP contribution in [-0.4, -0.2) is 0 Å². The average molecular weight is 341 g/mol. The van der Waals surface area contributed by atoms with Crippen molar-refractivity contribution in [3.63, 3.8) is 0 Å². The predicted molar refractivity (Wildman–Crippen MR) is 77.8 cm³/mol. The van der Waals surface area contributed by atoms with Crippen LogP contribution >= 0.6 is 22.6 Å². The van der Waals surface area contributed by atoms with Crippen LogP contribution in [0.25, 0.3) is 0 Å². The Morgan fingerprint density at radius 3 is 2.35 bits per heavy atom. The molecule has 0 bridgehead atoms. The summed E-state index contributed by atoms with van der Waals surface area (Å²) < 4.78 is 6.65. The van der Waals surface area contributed by atoms with Gasteiger partial charge in [-0.25, -0.2) is 0 Å². The topological polar surface area (TPSA) is 25.2 Å². The molecule has 2 atom stereocenters. The lowest BCUT2D eigenvalue weighted by Gasteiger charge is -2.18. The van der Waals surface area contributed by atoms with Crippen LogP contribution in [0.1, 0.15) is 37.3 Å². The summed E-state index contributed by atoms with van der Waals surface area (Å²) in [5.41, 5.74) is 1.30. The number of hydrogen-bond acceptors (Lipinski definition) is 2. The van der Waals surface area contributed by atoms with Crippen LogP contribution in [-0.2, 0) is 0 Å². The van der Waals surface area contributed by atoms with E-state index in [1.165, 1.54) is 9.13 Å². The van der Waals surface area contributed by atoms with Crippen molar-refractivity contribution in [1.29, 1.82) is 0 Å². The van der Waals surface area contributed by atoms with E-state index in [4.69, 9.17) is 4.42 Å². The first kappa shape index (κ1) is 12.6. The van der Waals surface area contributed by atoms with Gasteiger partial charge in [0.05, 0.1) is 12.3 Å². The maximum Gasteiger partial charge on any atom is 0.120 e. The van der Waals surface area contributed by atoms with E-state index in [1.54, 1.807) is 6.26 Å². The Labute approximate surface area is 116 Å². The highest BCUT2D eigenvalue weighted by atomic mass is 127. The second-order valence-corrected chi connectivity index (χ2v) is 5.42. The molecule has 0 aliphatic rings. The summed E-state index contributed by atoms with van der Waals surface area (Å²) in [6.45, 7) is 4.28. The largest absolute Gasteiger partial charge is 0.468 e. The van der Waals surface area contributed by atoms with Crippen molar-refractivity contribution in [2.75, 3.05) is 0 Å². The first-order valence-corrected chi connectivity index (χ1v) is 6.79. The fourth-order valence-corrected chi connectivity index (χ4v) is 2.20. The van der Waals surface area contributed by atoms with Crippen molar-refractivity contribution in [2.24, 2.45) is 0 Å². The Morgan fingerprint density at radius 2 is 1.76 bits per heavy atom. The molecule has 0 saturated heterocycles. The Hall–Kier alpha value is -0.810. The molecule has 0 radical (unpaired) electrons. The first-order valence-electron chi connectivity index (χ1n) is 5.71. The maximum absolute atomic E-state index is 5.39. The van der Waals surface area contributed by atoms with Gasteiger partial charge < -0.3 is 9.73 Å². The minimum atomic E-state index is 0.222. The van der Waals surface area contributed by atoms with E-state index in [0.29, 0.717) is 6.04 Å². The SMILES string of the molecule is CC(N[C@H](C)c1ccco1)c1ccc(I)cc1. The highest BCUT2D eigenvalue weighted by molar-refractivity contribution is 14.1. The second kappa shape index (κ2) is 5.69. The van der Waals surface area contributed by atoms with Crippen LogP contribution < -0.4 is 5.32 Å². The number of benzene rings is 1. The third kappa shape index (κ3) is 3.33. The molecule has 2 rings (SSSR count). The predicted octanol–water partition coefficient (Wildman–Crippen LogP) is 4.30. The van der Waals surface area contributed by atoms with Gasteiger partial charge in [-0.3, -0.25) is 0 Å². The van der Waals surface area contributed by atoms with Gasteiger partial charge in [0.15, 0.2) is 0 Å². The van der Waals surface area contributed by atoms with Gasteiger partial charge in [0.25, 0.3) is 0 Å². The van der Waals surface area contributed by atoms with E-state index in [9.17, 15) is 0 Å². The molecule has 1 N–H and O–H groups in total. The molecular formula is C14H16INO. The van der Waals surface area contributed by atoms with Gasteiger partial charge in [0.2, 0.25) is 0 Å². The molecule has 2 aromatic rings. The summed E-state index contributed by atoms with van der Waals surface area (Å²) in [6.07, 6.45) is 1.71. The van der Waals surface area contributed by atoms with Crippen LogP contribution in [0.5, 0.6) is 0 Å². The van der Waals surface area contributed by atoms with E-state index >= 15 is 0 Å². The van der Waals surface area contributed by atoms with Crippen molar-refractivity contribution in [1.82, 2.24) is 5.32 Å². The van der Waals surface area contributed by atoms with Crippen molar-refractivity contribution < 1.29 is 4.42 Å². The Bertz CT molecular complexity index is 450. The molecule has 1 aromatic carbocycles. The average Bonchev–Trinajstić information content (AvgIpc) is 2.83. The Balaban J connectivity index is 2.01. The Kier molecular flexibility index (Phi) is 4.23. The molecule has 1 heterocycles. The van der Waals surface area contributed by atoms with Gasteiger partial charge in [-0.2, -0.15) is 0 Å². The fourth-order valence-electron chi connectivity index (χ4n) is 1.84. The van der Waals surface area contributed by atoms with Crippen LogP contribution in [0.15, 0.2) is 47.1 Å². The second-order valence-electron chi connectivity index (χ2n) is 4.18. The molecule has 0 saturated carbocycles. The maximum atomic E-state index is 5.39. The molecule has 0 aliphatic carbocycles. The molecule has 0 fully saturated rings. The summed E-state index contributed by atoms with van der Waals surface area (Å²) in [7, 11) is 0. The van der Waals surface area contributed by atoms with E-state index in [0.717, 1.165) is 5.76 Å². The normalized spacial score (nSPS) is 14.5. The van der Waals surface area contributed by atoms with Crippen LogP contribution in [0, 0.1) is 3.57 Å². The molecular weight excluding hydrogens is 325 g/mol. The van der Waals surface area contributed by atoms with Crippen LogP contribution in [0.2, 0.25) is 0 Å².